The Morgan fingerprint density at radius 3 is 1.96 bits per heavy atom. The predicted molar refractivity (Wildman–Crippen MR) is 176 cm³/mol. The second kappa shape index (κ2) is 17.2. The number of hydrogen-bond donors (Lipinski definition) is 5. The van der Waals surface area contributed by atoms with Crippen molar-refractivity contribution in [2.75, 3.05) is 0 Å². The van der Waals surface area contributed by atoms with Gasteiger partial charge in [-0.3, -0.25) is 10.1 Å². The van der Waals surface area contributed by atoms with Gasteiger partial charge in [0.05, 0.1) is 9.82 Å². The van der Waals surface area contributed by atoms with E-state index in [0.717, 1.165) is 35.7 Å². The number of azo groups is 2. The number of para-hydroxylation sites is 1. The van der Waals surface area contributed by atoms with Crippen molar-refractivity contribution in [1.82, 2.24) is 5.10 Å². The molecule has 0 radical (unpaired) electrons. The quantitative estimate of drug-likeness (QED) is 0.0526. The van der Waals surface area contributed by atoms with E-state index in [-0.39, 0.29) is 103 Å². The van der Waals surface area contributed by atoms with Crippen LogP contribution in [0.1, 0.15) is 5.69 Å². The van der Waals surface area contributed by atoms with E-state index in [4.69, 9.17) is 5.14 Å². The molecule has 1 aromatic heterocycles. The summed E-state index contributed by atoms with van der Waals surface area (Å²) in [7, 11) is -3.93. The molecule has 6 N–H and O–H groups in total. The number of phenolic OH excluding ortho intramolecular Hbond substituents is 3. The number of aromatic nitrogens is 2. The fourth-order valence-corrected chi connectivity index (χ4v) is 4.93. The van der Waals surface area contributed by atoms with Crippen molar-refractivity contribution < 1.29 is 85.4 Å². The molecule has 254 valence electrons. The molecule has 0 aliphatic carbocycles. The van der Waals surface area contributed by atoms with Gasteiger partial charge in [-0.2, -0.15) is 4.68 Å². The first kappa shape index (κ1) is 40.2. The Morgan fingerprint density at radius 2 is 1.31 bits per heavy atom. The summed E-state index contributed by atoms with van der Waals surface area (Å²) >= 11 is 0. The molecule has 0 aliphatic rings. The van der Waals surface area contributed by atoms with Crippen LogP contribution in [0.3, 0.4) is 0 Å². The Kier molecular flexibility index (Phi) is 13.5. The summed E-state index contributed by atoms with van der Waals surface area (Å²) in [4.78, 5) is 10.0. The number of aromatic hydroxyl groups is 4. The van der Waals surface area contributed by atoms with Crippen molar-refractivity contribution in [2.45, 2.75) is 11.8 Å². The summed E-state index contributed by atoms with van der Waals surface area (Å²) in [5.74, 6) is -0.829. The van der Waals surface area contributed by atoms with Crippen LogP contribution in [0, 0.1) is 17.0 Å². The van der Waals surface area contributed by atoms with Crippen LogP contribution in [0.2, 0.25) is 0 Å². The molecule has 1 heterocycles. The van der Waals surface area contributed by atoms with Gasteiger partial charge in [0.2, 0.25) is 15.7 Å². The number of nitrogens with two attached hydrogens (primary N) is 1. The summed E-state index contributed by atoms with van der Waals surface area (Å²) in [5, 5.41) is 77.0. The van der Waals surface area contributed by atoms with E-state index < -0.39 is 14.9 Å². The third kappa shape index (κ3) is 9.54. The van der Waals surface area contributed by atoms with E-state index in [9.17, 15) is 39.0 Å². The smallest absolute Gasteiger partial charge is 0.506 e. The maximum atomic E-state index is 11.4. The Labute approximate surface area is 322 Å². The second-order valence-electron chi connectivity index (χ2n) is 10.2. The number of primary sulfonamides is 1. The number of rotatable bonds is 7. The van der Waals surface area contributed by atoms with Gasteiger partial charge in [0.15, 0.2) is 5.69 Å². The van der Waals surface area contributed by atoms with E-state index in [2.05, 4.69) is 25.6 Å². The molecule has 16 nitrogen and oxygen atoms in total. The van der Waals surface area contributed by atoms with Gasteiger partial charge in [-0.05, 0) is 35.7 Å². The molecule has 19 heteroatoms. The number of nitro groups is 1. The van der Waals surface area contributed by atoms with Crippen molar-refractivity contribution in [3.8, 4) is 28.8 Å². The number of benzene rings is 5. The molecule has 0 amide bonds. The number of aryl methyl sites for hydroxylation is 1. The number of fused-ring (bicyclic) bond motifs is 1. The summed E-state index contributed by atoms with van der Waals surface area (Å²) < 4.78 is 24.1. The molecule has 0 saturated heterocycles. The standard InChI is InChI=1S/C16H13N5O4.C16H13N3O4S.Cr.Na/c1-10-15(16(23)20(19-10)11-5-3-2-4-6-11)18-17-13-9-12(21(24)25)7-8-14(13)22;17-24(22,23)11-6-8-14(20)13(9-11)18-19-16-12-4-2-1-3-10(12)5-7-15(16)21;;/h2-9,22-23H,1H3;1-9,20-21H,(H2,17,22,23);;/q;;;+1. The molecule has 0 spiro atoms. The third-order valence-electron chi connectivity index (χ3n) is 6.85. The average Bonchev–Trinajstić information content (AvgIpc) is 3.36. The van der Waals surface area contributed by atoms with Gasteiger partial charge < -0.3 is 25.5 Å². The van der Waals surface area contributed by atoms with Crippen LogP contribution in [-0.2, 0) is 27.4 Å². The van der Waals surface area contributed by atoms with Crippen LogP contribution >= 0.6 is 0 Å². The minimum atomic E-state index is -3.93. The van der Waals surface area contributed by atoms with Gasteiger partial charge in [0, 0.05) is 47.0 Å². The zero-order valence-electron chi connectivity index (χ0n) is 26.8. The minimum Gasteiger partial charge on any atom is -0.506 e. The summed E-state index contributed by atoms with van der Waals surface area (Å²) in [5.41, 5.74) is 0.989. The van der Waals surface area contributed by atoms with Crippen LogP contribution in [0.4, 0.5) is 28.4 Å². The maximum Gasteiger partial charge on any atom is 1.00 e. The van der Waals surface area contributed by atoms with Crippen molar-refractivity contribution in [3.63, 3.8) is 0 Å². The van der Waals surface area contributed by atoms with Gasteiger partial charge in [-0.15, -0.1) is 20.5 Å². The Hall–Kier alpha value is -5.19. The molecule has 0 unspecified atom stereocenters. The number of hydrogen-bond acceptors (Lipinski definition) is 12. The molecule has 6 rings (SSSR count). The molecule has 0 bridgehead atoms. The first-order valence-corrected chi connectivity index (χ1v) is 15.6. The predicted octanol–water partition coefficient (Wildman–Crippen LogP) is 3.28. The van der Waals surface area contributed by atoms with Crippen LogP contribution in [0.15, 0.2) is 128 Å². The molecular formula is C32H26CrN8NaO8S+. The van der Waals surface area contributed by atoms with Crippen LogP contribution < -0.4 is 44.5 Å². The van der Waals surface area contributed by atoms with Crippen molar-refractivity contribution in [3.05, 3.63) is 119 Å². The number of non-ortho nitro benzene ring substituents is 1. The van der Waals surface area contributed by atoms with Gasteiger partial charge in [-0.1, -0.05) is 61.1 Å². The van der Waals surface area contributed by atoms with E-state index in [1.807, 2.05) is 18.2 Å². The Morgan fingerprint density at radius 1 is 0.745 bits per heavy atom. The summed E-state index contributed by atoms with van der Waals surface area (Å²) in [6, 6.07) is 26.3. The first-order chi connectivity index (χ1) is 23.3. The SMILES string of the molecule is Cc1[n-][n+](-c2ccccc2)c(O)c1N=Nc1cc([N+](=O)[O-])ccc1O.NS(=O)(=O)c1ccc(O)c(N=Nc2c(O)ccc3ccccc23)c1.[Cr].[Na+]. The molecule has 0 atom stereocenters. The Bertz CT molecular complexity index is 2380. The molecule has 0 fully saturated rings. The van der Waals surface area contributed by atoms with E-state index in [1.54, 1.807) is 49.4 Å². The number of phenols is 3. The normalized spacial score (nSPS) is 11.1. The summed E-state index contributed by atoms with van der Waals surface area (Å²) in [6.45, 7) is 1.64. The van der Waals surface area contributed by atoms with Crippen molar-refractivity contribution in [1.29, 1.82) is 0 Å². The van der Waals surface area contributed by atoms with Gasteiger partial charge >= 0.3 is 35.4 Å². The molecule has 51 heavy (non-hydrogen) atoms. The van der Waals surface area contributed by atoms with E-state index >= 15 is 0 Å². The Balaban J connectivity index is 0.000000265. The zero-order valence-corrected chi connectivity index (χ0v) is 30.9. The molecule has 0 saturated carbocycles. The topological polar surface area (TPSA) is 252 Å². The average molecular weight is 758 g/mol. The second-order valence-corrected chi connectivity index (χ2v) is 11.7. The largest absolute Gasteiger partial charge is 1.00 e. The number of nitro benzene ring substituents is 1. The molecule has 5 aromatic carbocycles. The molecular weight excluding hydrogens is 731 g/mol. The fourth-order valence-electron chi connectivity index (χ4n) is 4.40. The van der Waals surface area contributed by atoms with Crippen molar-refractivity contribution >= 4 is 49.2 Å². The van der Waals surface area contributed by atoms with Gasteiger partial charge in [0.25, 0.3) is 5.69 Å². The van der Waals surface area contributed by atoms with Crippen LogP contribution in [-0.4, -0.2) is 33.8 Å². The van der Waals surface area contributed by atoms with Crippen molar-refractivity contribution in [2.24, 2.45) is 25.6 Å². The van der Waals surface area contributed by atoms with Crippen LogP contribution in [0.25, 0.3) is 16.5 Å². The third-order valence-corrected chi connectivity index (χ3v) is 7.76. The zero-order chi connectivity index (χ0) is 35.3. The minimum absolute atomic E-state index is 0. The van der Waals surface area contributed by atoms with Gasteiger partial charge in [0.1, 0.15) is 34.3 Å². The first-order valence-electron chi connectivity index (χ1n) is 14.0. The number of sulfonamides is 1. The van der Waals surface area contributed by atoms with Gasteiger partial charge in [-0.25, -0.2) is 13.6 Å². The monoisotopic (exact) mass is 757 g/mol. The van der Waals surface area contributed by atoms with Crippen LogP contribution in [0.5, 0.6) is 23.1 Å². The molecule has 6 aromatic rings. The van der Waals surface area contributed by atoms with E-state index in [0.29, 0.717) is 16.8 Å². The van der Waals surface area contributed by atoms with E-state index in [1.165, 1.54) is 16.8 Å². The fraction of sp³-hybridized carbons (Fsp3) is 0.0312. The maximum absolute atomic E-state index is 11.4. The number of nitrogens with zero attached hydrogens (tertiary/aromatic N) is 7. The molecule has 0 aliphatic heterocycles. The summed E-state index contributed by atoms with van der Waals surface area (Å²) in [6.07, 6.45) is 0.